The van der Waals surface area contributed by atoms with E-state index >= 15 is 0 Å². The Morgan fingerprint density at radius 1 is 1.46 bits per heavy atom. The molecule has 69 valence electrons. The van der Waals surface area contributed by atoms with Crippen LogP contribution in [0, 0.1) is 16.5 Å². The van der Waals surface area contributed by atoms with Gasteiger partial charge in [0, 0.05) is 16.9 Å². The van der Waals surface area contributed by atoms with Crippen LogP contribution in [0.15, 0.2) is 30.3 Å². The van der Waals surface area contributed by atoms with E-state index in [1.54, 1.807) is 12.1 Å². The van der Waals surface area contributed by atoms with Crippen molar-refractivity contribution in [2.24, 2.45) is 0 Å². The van der Waals surface area contributed by atoms with E-state index in [0.29, 0.717) is 6.42 Å². The molecule has 3 nitrogen and oxygen atoms in total. The van der Waals surface area contributed by atoms with Crippen molar-refractivity contribution in [3.8, 4) is 0 Å². The highest BCUT2D eigenvalue weighted by Crippen LogP contribution is 2.20. The Morgan fingerprint density at radius 3 is 2.54 bits per heavy atom. The van der Waals surface area contributed by atoms with Crippen molar-refractivity contribution in [2.75, 3.05) is 0 Å². The minimum atomic E-state index is -0.591. The van der Waals surface area contributed by atoms with Crippen LogP contribution in [0.2, 0.25) is 0 Å². The molecule has 1 aromatic rings. The maximum Gasteiger partial charge on any atom is 0.238 e. The van der Waals surface area contributed by atoms with Gasteiger partial charge in [0.05, 0.1) is 0 Å². The van der Waals surface area contributed by atoms with Crippen LogP contribution in [0.5, 0.6) is 0 Å². The standard InChI is InChI=1S/C10H12NO2/c1-2-6-10(11(12)13)9-7-4-3-5-8-9/h2-5,7-8,10H,6H2,1H3. The molecule has 0 aliphatic carbocycles. The summed E-state index contributed by atoms with van der Waals surface area (Å²) in [7, 11) is 0. The fourth-order valence-corrected chi connectivity index (χ4v) is 1.24. The van der Waals surface area contributed by atoms with E-state index in [1.807, 2.05) is 31.5 Å². The van der Waals surface area contributed by atoms with Crippen LogP contribution >= 0.6 is 0 Å². The Balaban J connectivity index is 2.82. The van der Waals surface area contributed by atoms with Gasteiger partial charge >= 0.3 is 0 Å². The van der Waals surface area contributed by atoms with Gasteiger partial charge in [-0.2, -0.15) is 0 Å². The molecule has 1 unspecified atom stereocenters. The maximum absolute atomic E-state index is 10.7. The Morgan fingerprint density at radius 2 is 2.08 bits per heavy atom. The number of benzene rings is 1. The molecule has 0 fully saturated rings. The van der Waals surface area contributed by atoms with Gasteiger partial charge in [0.2, 0.25) is 6.04 Å². The summed E-state index contributed by atoms with van der Waals surface area (Å²) in [5.41, 5.74) is 0.769. The van der Waals surface area contributed by atoms with Gasteiger partial charge in [0.25, 0.3) is 0 Å². The van der Waals surface area contributed by atoms with Gasteiger partial charge in [0.1, 0.15) is 0 Å². The molecular formula is C10H12NO2. The summed E-state index contributed by atoms with van der Waals surface area (Å²) in [4.78, 5) is 10.4. The van der Waals surface area contributed by atoms with Gasteiger partial charge in [-0.25, -0.2) is 0 Å². The normalized spacial score (nSPS) is 12.4. The maximum atomic E-state index is 10.7. The first kappa shape index (κ1) is 9.71. The van der Waals surface area contributed by atoms with Crippen molar-refractivity contribution in [3.05, 3.63) is 52.4 Å². The quantitative estimate of drug-likeness (QED) is 0.525. The van der Waals surface area contributed by atoms with Crippen LogP contribution in [0.4, 0.5) is 0 Å². The highest BCUT2D eigenvalue weighted by Gasteiger charge is 2.20. The second-order valence-electron chi connectivity index (χ2n) is 2.86. The molecule has 0 N–H and O–H groups in total. The summed E-state index contributed by atoms with van der Waals surface area (Å²) in [6.07, 6.45) is 2.30. The van der Waals surface area contributed by atoms with E-state index in [1.165, 1.54) is 0 Å². The average molecular weight is 178 g/mol. The van der Waals surface area contributed by atoms with E-state index in [0.717, 1.165) is 5.56 Å². The van der Waals surface area contributed by atoms with Gasteiger partial charge in [-0.3, -0.25) is 10.1 Å². The summed E-state index contributed by atoms with van der Waals surface area (Å²) in [6, 6.07) is 8.48. The summed E-state index contributed by atoms with van der Waals surface area (Å²) < 4.78 is 0. The summed E-state index contributed by atoms with van der Waals surface area (Å²) in [5.74, 6) is 0. The summed E-state index contributed by atoms with van der Waals surface area (Å²) >= 11 is 0. The number of nitro groups is 1. The van der Waals surface area contributed by atoms with E-state index in [9.17, 15) is 10.1 Å². The van der Waals surface area contributed by atoms with Crippen LogP contribution in [0.25, 0.3) is 0 Å². The molecule has 1 aromatic carbocycles. The SMILES string of the molecule is C[CH]CC(c1ccccc1)[N+](=O)[O-]. The summed E-state index contributed by atoms with van der Waals surface area (Å²) in [5, 5.41) is 10.7. The number of nitrogens with zero attached hydrogens (tertiary/aromatic N) is 1. The fraction of sp³-hybridized carbons (Fsp3) is 0.300. The van der Waals surface area contributed by atoms with Gasteiger partial charge in [-0.1, -0.05) is 37.3 Å². The Hall–Kier alpha value is -1.38. The molecule has 0 aromatic heterocycles. The van der Waals surface area contributed by atoms with Crippen molar-refractivity contribution in [1.82, 2.24) is 0 Å². The van der Waals surface area contributed by atoms with Crippen LogP contribution in [0.1, 0.15) is 24.9 Å². The minimum absolute atomic E-state index is 0.241. The van der Waals surface area contributed by atoms with Crippen LogP contribution in [-0.4, -0.2) is 4.92 Å². The Labute approximate surface area is 77.5 Å². The predicted molar refractivity (Wildman–Crippen MR) is 50.8 cm³/mol. The molecule has 1 rings (SSSR count). The molecule has 0 spiro atoms. The monoisotopic (exact) mass is 178 g/mol. The third-order valence-electron chi connectivity index (χ3n) is 1.90. The first-order valence-electron chi connectivity index (χ1n) is 4.22. The van der Waals surface area contributed by atoms with Crippen molar-refractivity contribution in [1.29, 1.82) is 0 Å². The largest absolute Gasteiger partial charge is 0.264 e. The second kappa shape index (κ2) is 4.60. The molecule has 0 aliphatic rings. The predicted octanol–water partition coefficient (Wildman–Crippen LogP) is 2.62. The average Bonchev–Trinajstić information content (AvgIpc) is 2.15. The highest BCUT2D eigenvalue weighted by molar-refractivity contribution is 5.17. The molecule has 13 heavy (non-hydrogen) atoms. The van der Waals surface area contributed by atoms with Crippen molar-refractivity contribution in [3.63, 3.8) is 0 Å². The lowest BCUT2D eigenvalue weighted by Gasteiger charge is -2.07. The zero-order valence-corrected chi connectivity index (χ0v) is 7.51. The molecule has 0 saturated heterocycles. The zero-order valence-electron chi connectivity index (χ0n) is 7.51. The van der Waals surface area contributed by atoms with E-state index in [2.05, 4.69) is 0 Å². The first-order valence-corrected chi connectivity index (χ1v) is 4.22. The van der Waals surface area contributed by atoms with Crippen LogP contribution in [0.3, 0.4) is 0 Å². The second-order valence-corrected chi connectivity index (χ2v) is 2.86. The van der Waals surface area contributed by atoms with Gasteiger partial charge in [-0.15, -0.1) is 0 Å². The zero-order chi connectivity index (χ0) is 9.68. The topological polar surface area (TPSA) is 43.1 Å². The van der Waals surface area contributed by atoms with Crippen molar-refractivity contribution < 1.29 is 4.92 Å². The lowest BCUT2D eigenvalue weighted by Crippen LogP contribution is -2.09. The molecule has 0 amide bonds. The molecule has 0 heterocycles. The molecule has 0 aliphatic heterocycles. The molecule has 1 radical (unpaired) electrons. The molecule has 3 heteroatoms. The number of hydrogen-bond acceptors (Lipinski definition) is 2. The van der Waals surface area contributed by atoms with Crippen LogP contribution in [-0.2, 0) is 0 Å². The summed E-state index contributed by atoms with van der Waals surface area (Å²) in [6.45, 7) is 1.83. The van der Waals surface area contributed by atoms with Gasteiger partial charge in [0.15, 0.2) is 0 Å². The highest BCUT2D eigenvalue weighted by atomic mass is 16.6. The number of rotatable bonds is 4. The minimum Gasteiger partial charge on any atom is -0.264 e. The Bertz CT molecular complexity index is 272. The fourth-order valence-electron chi connectivity index (χ4n) is 1.24. The van der Waals surface area contributed by atoms with Crippen LogP contribution < -0.4 is 0 Å². The molecule has 1 atom stereocenters. The first-order chi connectivity index (χ1) is 6.25. The molecule has 0 saturated carbocycles. The van der Waals surface area contributed by atoms with E-state index in [4.69, 9.17) is 0 Å². The van der Waals surface area contributed by atoms with E-state index < -0.39 is 6.04 Å². The lowest BCUT2D eigenvalue weighted by atomic mass is 10.0. The molecule has 0 bridgehead atoms. The van der Waals surface area contributed by atoms with Crippen molar-refractivity contribution in [2.45, 2.75) is 19.4 Å². The third-order valence-corrected chi connectivity index (χ3v) is 1.90. The van der Waals surface area contributed by atoms with Crippen molar-refractivity contribution >= 4 is 0 Å². The lowest BCUT2D eigenvalue weighted by molar-refractivity contribution is -0.528. The van der Waals surface area contributed by atoms with Gasteiger partial charge < -0.3 is 0 Å². The van der Waals surface area contributed by atoms with Gasteiger partial charge in [-0.05, 0) is 6.42 Å². The Kier molecular flexibility index (Phi) is 3.43. The smallest absolute Gasteiger partial charge is 0.238 e. The number of hydrogen-bond donors (Lipinski definition) is 0. The molecular weight excluding hydrogens is 166 g/mol. The third kappa shape index (κ3) is 2.54. The van der Waals surface area contributed by atoms with E-state index in [-0.39, 0.29) is 4.92 Å².